The minimum Gasteiger partial charge on any atom is -0.497 e. The van der Waals surface area contributed by atoms with Crippen LogP contribution in [0.1, 0.15) is 22.8 Å². The summed E-state index contributed by atoms with van der Waals surface area (Å²) in [7, 11) is 1.23. The first-order chi connectivity index (χ1) is 17.3. The fourth-order valence-electron chi connectivity index (χ4n) is 3.82. The number of fused-ring (bicyclic) bond motifs is 1. The zero-order valence-corrected chi connectivity index (χ0v) is 22.1. The highest BCUT2D eigenvalue weighted by molar-refractivity contribution is 7.89. The van der Waals surface area contributed by atoms with E-state index >= 15 is 0 Å². The minimum absolute atomic E-state index is 0.126. The average molecular weight is 526 g/mol. The fourth-order valence-corrected chi connectivity index (χ4v) is 6.32. The van der Waals surface area contributed by atoms with E-state index in [-0.39, 0.29) is 11.4 Å². The molecule has 3 aromatic carbocycles. The number of carbonyl (C=O) groups excluding carboxylic acids is 1. The molecule has 0 saturated heterocycles. The van der Waals surface area contributed by atoms with Crippen LogP contribution >= 0.6 is 11.3 Å². The maximum atomic E-state index is 13.2. The van der Waals surface area contributed by atoms with E-state index in [9.17, 15) is 13.2 Å². The smallest absolute Gasteiger partial charge is 0.279 e. The minimum atomic E-state index is -3.73. The summed E-state index contributed by atoms with van der Waals surface area (Å²) in [4.78, 5) is 17.8. The lowest BCUT2D eigenvalue weighted by molar-refractivity contribution is 0.0998. The van der Waals surface area contributed by atoms with Gasteiger partial charge in [-0.05, 0) is 35.9 Å². The highest BCUT2D eigenvalue weighted by atomic mass is 32.2. The van der Waals surface area contributed by atoms with Gasteiger partial charge in [0.2, 0.25) is 10.0 Å². The van der Waals surface area contributed by atoms with Crippen molar-refractivity contribution in [3.05, 3.63) is 82.7 Å². The van der Waals surface area contributed by atoms with Gasteiger partial charge < -0.3 is 14.0 Å². The summed E-state index contributed by atoms with van der Waals surface area (Å²) in [5.74, 6) is 0.787. The number of amides is 1. The molecule has 1 heterocycles. The predicted octanol–water partition coefficient (Wildman–Crippen LogP) is 4.21. The normalized spacial score (nSPS) is 12.3. The van der Waals surface area contributed by atoms with Gasteiger partial charge in [0.1, 0.15) is 17.0 Å². The van der Waals surface area contributed by atoms with Gasteiger partial charge in [0.15, 0.2) is 4.80 Å². The van der Waals surface area contributed by atoms with Crippen molar-refractivity contribution in [3.8, 4) is 11.5 Å². The van der Waals surface area contributed by atoms with E-state index in [0.29, 0.717) is 28.4 Å². The highest BCUT2D eigenvalue weighted by Gasteiger charge is 2.23. The van der Waals surface area contributed by atoms with Crippen LogP contribution in [0.3, 0.4) is 0 Å². The third-order valence-electron chi connectivity index (χ3n) is 5.78. The van der Waals surface area contributed by atoms with Crippen molar-refractivity contribution in [2.24, 2.45) is 12.0 Å². The van der Waals surface area contributed by atoms with Gasteiger partial charge in [0, 0.05) is 31.8 Å². The number of hydrogen-bond donors (Lipinski definition) is 0. The van der Waals surface area contributed by atoms with E-state index in [1.807, 2.05) is 43.4 Å². The summed E-state index contributed by atoms with van der Waals surface area (Å²) in [6.07, 6.45) is 0. The van der Waals surface area contributed by atoms with E-state index in [0.717, 1.165) is 15.8 Å². The Morgan fingerprint density at radius 1 is 1.03 bits per heavy atom. The molecule has 0 aliphatic heterocycles. The molecule has 0 fully saturated rings. The van der Waals surface area contributed by atoms with Crippen molar-refractivity contribution >= 4 is 37.5 Å². The molecule has 8 nitrogen and oxygen atoms in total. The number of carbonyl (C=O) groups is 1. The van der Waals surface area contributed by atoms with Gasteiger partial charge in [-0.15, -0.1) is 0 Å². The molecular weight excluding hydrogens is 498 g/mol. The van der Waals surface area contributed by atoms with E-state index < -0.39 is 15.9 Å². The van der Waals surface area contributed by atoms with Gasteiger partial charge in [0.25, 0.3) is 5.91 Å². The van der Waals surface area contributed by atoms with Crippen LogP contribution < -0.4 is 14.3 Å². The molecule has 36 heavy (non-hydrogen) atoms. The van der Waals surface area contributed by atoms with Gasteiger partial charge in [-0.25, -0.2) is 8.42 Å². The lowest BCUT2D eigenvalue weighted by Crippen LogP contribution is -2.30. The Kier molecular flexibility index (Phi) is 7.58. The standard InChI is InChI=1S/C26H27N3O5S2/c1-5-29(17-18-9-7-6-8-10-18)36(31,32)21-13-11-19(12-14-21)25(30)27-26-28(2)24-22(34-4)15-20(33-3)16-23(24)35-26/h6-16H,5,17H2,1-4H3. The first-order valence-corrected chi connectivity index (χ1v) is 13.5. The molecule has 0 spiro atoms. The molecule has 0 bridgehead atoms. The van der Waals surface area contributed by atoms with E-state index in [1.165, 1.54) is 39.9 Å². The molecule has 0 aliphatic rings. The van der Waals surface area contributed by atoms with Crippen molar-refractivity contribution in [1.29, 1.82) is 0 Å². The van der Waals surface area contributed by atoms with Gasteiger partial charge >= 0.3 is 0 Å². The van der Waals surface area contributed by atoms with Gasteiger partial charge in [-0.3, -0.25) is 4.79 Å². The van der Waals surface area contributed by atoms with Crippen LogP contribution in [0.5, 0.6) is 11.5 Å². The summed E-state index contributed by atoms with van der Waals surface area (Å²) in [5, 5.41) is 0. The van der Waals surface area contributed by atoms with Gasteiger partial charge in [-0.2, -0.15) is 9.30 Å². The molecule has 10 heteroatoms. The molecule has 0 unspecified atom stereocenters. The zero-order chi connectivity index (χ0) is 25.9. The van der Waals surface area contributed by atoms with Gasteiger partial charge in [-0.1, -0.05) is 48.6 Å². The monoisotopic (exact) mass is 525 g/mol. The number of aromatic nitrogens is 1. The van der Waals surface area contributed by atoms with Crippen LogP contribution in [0.2, 0.25) is 0 Å². The van der Waals surface area contributed by atoms with Crippen LogP contribution in [0.4, 0.5) is 0 Å². The quantitative estimate of drug-likeness (QED) is 0.344. The predicted molar refractivity (Wildman–Crippen MR) is 140 cm³/mol. The van der Waals surface area contributed by atoms with Crippen LogP contribution in [0.15, 0.2) is 76.6 Å². The molecule has 0 N–H and O–H groups in total. The number of thiazole rings is 1. The number of ether oxygens (including phenoxy) is 2. The maximum absolute atomic E-state index is 13.2. The Bertz CT molecular complexity index is 1560. The van der Waals surface area contributed by atoms with Crippen LogP contribution in [-0.2, 0) is 23.6 Å². The molecule has 4 aromatic rings. The summed E-state index contributed by atoms with van der Waals surface area (Å²) >= 11 is 1.33. The molecule has 1 aromatic heterocycles. The topological polar surface area (TPSA) is 90.2 Å². The molecule has 0 radical (unpaired) electrons. The first-order valence-electron chi connectivity index (χ1n) is 11.2. The Hall–Kier alpha value is -3.47. The molecular formula is C26H27N3O5S2. The fraction of sp³-hybridized carbons (Fsp3) is 0.231. The number of hydrogen-bond acceptors (Lipinski definition) is 6. The summed E-state index contributed by atoms with van der Waals surface area (Å²) < 4.78 is 41.2. The van der Waals surface area contributed by atoms with E-state index in [2.05, 4.69) is 4.99 Å². The Morgan fingerprint density at radius 2 is 1.72 bits per heavy atom. The second-order valence-electron chi connectivity index (χ2n) is 7.98. The lowest BCUT2D eigenvalue weighted by atomic mass is 10.2. The number of methoxy groups -OCH3 is 2. The Labute approximate surface area is 214 Å². The number of nitrogens with zero attached hydrogens (tertiary/aromatic N) is 3. The third kappa shape index (κ3) is 5.06. The molecule has 0 atom stereocenters. The third-order valence-corrected chi connectivity index (χ3v) is 8.80. The van der Waals surface area contributed by atoms with Crippen molar-refractivity contribution in [1.82, 2.24) is 8.87 Å². The summed E-state index contributed by atoms with van der Waals surface area (Å²) in [6, 6.07) is 18.9. The molecule has 4 rings (SSSR count). The molecule has 0 saturated carbocycles. The molecule has 1 amide bonds. The van der Waals surface area contributed by atoms with E-state index in [1.54, 1.807) is 31.8 Å². The number of rotatable bonds is 8. The van der Waals surface area contributed by atoms with Crippen molar-refractivity contribution < 1.29 is 22.7 Å². The largest absolute Gasteiger partial charge is 0.497 e. The van der Waals surface area contributed by atoms with Crippen LogP contribution in [-0.4, -0.2) is 44.0 Å². The summed E-state index contributed by atoms with van der Waals surface area (Å²) in [6.45, 7) is 2.39. The van der Waals surface area contributed by atoms with E-state index in [4.69, 9.17) is 9.47 Å². The molecule has 0 aliphatic carbocycles. The SMILES string of the molecule is CCN(Cc1ccccc1)S(=O)(=O)c1ccc(C(=O)N=c2sc3cc(OC)cc(OC)c3n2C)cc1. The summed E-state index contributed by atoms with van der Waals surface area (Å²) in [5.41, 5.74) is 2.00. The zero-order valence-electron chi connectivity index (χ0n) is 20.5. The Balaban J connectivity index is 1.62. The van der Waals surface area contributed by atoms with Crippen molar-refractivity contribution in [2.45, 2.75) is 18.4 Å². The number of aryl methyl sites for hydroxylation is 1. The van der Waals surface area contributed by atoms with Crippen LogP contribution in [0, 0.1) is 0 Å². The first kappa shape index (κ1) is 25.6. The number of benzene rings is 3. The maximum Gasteiger partial charge on any atom is 0.279 e. The second-order valence-corrected chi connectivity index (χ2v) is 10.9. The Morgan fingerprint density at radius 3 is 2.33 bits per heavy atom. The number of sulfonamides is 1. The average Bonchev–Trinajstić information content (AvgIpc) is 3.21. The lowest BCUT2D eigenvalue weighted by Gasteiger charge is -2.20. The molecule has 188 valence electrons. The van der Waals surface area contributed by atoms with Crippen molar-refractivity contribution in [2.75, 3.05) is 20.8 Å². The van der Waals surface area contributed by atoms with Gasteiger partial charge in [0.05, 0.1) is 23.8 Å². The highest BCUT2D eigenvalue weighted by Crippen LogP contribution is 2.32. The second kappa shape index (κ2) is 10.7. The van der Waals surface area contributed by atoms with Crippen molar-refractivity contribution in [3.63, 3.8) is 0 Å². The van der Waals surface area contributed by atoms with Crippen LogP contribution in [0.25, 0.3) is 10.2 Å².